The topological polar surface area (TPSA) is 29.1 Å². The Bertz CT molecular complexity index is 125. The van der Waals surface area contributed by atoms with Crippen LogP contribution in [0.1, 0.15) is 12.8 Å². The summed E-state index contributed by atoms with van der Waals surface area (Å²) in [5.41, 5.74) is 0.329. The lowest BCUT2D eigenvalue weighted by Crippen LogP contribution is -2.09. The van der Waals surface area contributed by atoms with Crippen LogP contribution in [0.25, 0.3) is 0 Å². The molecule has 0 spiro atoms. The first-order valence-electron chi connectivity index (χ1n) is 2.83. The minimum Gasteiger partial charge on any atom is -0.333 e. The van der Waals surface area contributed by atoms with Crippen molar-refractivity contribution in [3.8, 4) is 0 Å². The zero-order chi connectivity index (χ0) is 7.98. The van der Waals surface area contributed by atoms with Crippen molar-refractivity contribution in [1.82, 2.24) is 5.32 Å². The summed E-state index contributed by atoms with van der Waals surface area (Å²) in [6.45, 7) is 3.34. The molecule has 10 heavy (non-hydrogen) atoms. The Morgan fingerprint density at radius 1 is 1.70 bits per heavy atom. The van der Waals surface area contributed by atoms with Crippen molar-refractivity contribution in [2.45, 2.75) is 19.3 Å². The van der Waals surface area contributed by atoms with Crippen LogP contribution in [-0.2, 0) is 4.79 Å². The van der Waals surface area contributed by atoms with Gasteiger partial charge in [-0.1, -0.05) is 6.58 Å². The second-order valence-electron chi connectivity index (χ2n) is 1.80. The van der Waals surface area contributed by atoms with Crippen LogP contribution in [0.4, 0.5) is 8.78 Å². The summed E-state index contributed by atoms with van der Waals surface area (Å²) in [7, 11) is 0. The third-order valence-electron chi connectivity index (χ3n) is 0.927. The molecule has 0 saturated carbocycles. The molecule has 0 aliphatic carbocycles. The van der Waals surface area contributed by atoms with Crippen molar-refractivity contribution in [2.75, 3.05) is 0 Å². The molecule has 0 aromatic rings. The second-order valence-corrected chi connectivity index (χ2v) is 1.80. The number of hydrogen-bond acceptors (Lipinski definition) is 1. The first-order chi connectivity index (χ1) is 4.66. The number of rotatable bonds is 5. The van der Waals surface area contributed by atoms with Gasteiger partial charge >= 0.3 is 0 Å². The van der Waals surface area contributed by atoms with E-state index in [0.717, 1.165) is 0 Å². The maximum Gasteiger partial charge on any atom is 0.239 e. The molecule has 0 atom stereocenters. The van der Waals surface area contributed by atoms with Crippen LogP contribution in [0.2, 0.25) is 0 Å². The third kappa shape index (κ3) is 5.21. The van der Waals surface area contributed by atoms with Crippen LogP contribution in [0, 0.1) is 0 Å². The van der Waals surface area contributed by atoms with Crippen LogP contribution in [0.3, 0.4) is 0 Å². The quantitative estimate of drug-likeness (QED) is 0.586. The van der Waals surface area contributed by atoms with Crippen molar-refractivity contribution in [1.29, 1.82) is 0 Å². The Balaban J connectivity index is 3.30. The molecule has 1 N–H and O–H groups in total. The Kier molecular flexibility index (Phi) is 4.45. The molecule has 4 heteroatoms. The van der Waals surface area contributed by atoms with Gasteiger partial charge in [0.05, 0.1) is 0 Å². The molecule has 0 aromatic heterocycles. The molecular weight excluding hydrogens is 140 g/mol. The second kappa shape index (κ2) is 4.90. The average molecular weight is 149 g/mol. The largest absolute Gasteiger partial charge is 0.333 e. The first-order valence-corrected chi connectivity index (χ1v) is 2.83. The zero-order valence-electron chi connectivity index (χ0n) is 5.44. The highest BCUT2D eigenvalue weighted by Crippen LogP contribution is 2.06. The predicted molar refractivity (Wildman–Crippen MR) is 33.6 cm³/mol. The molecule has 0 aromatic carbocycles. The molecule has 0 unspecified atom stereocenters. The van der Waals surface area contributed by atoms with E-state index in [9.17, 15) is 13.6 Å². The van der Waals surface area contributed by atoms with E-state index in [1.165, 1.54) is 0 Å². The van der Waals surface area contributed by atoms with Gasteiger partial charge in [-0.15, -0.1) is 0 Å². The van der Waals surface area contributed by atoms with E-state index in [2.05, 4.69) is 11.9 Å². The normalized spacial score (nSPS) is 9.50. The van der Waals surface area contributed by atoms with Gasteiger partial charge in [-0.2, -0.15) is 0 Å². The standard InChI is InChI=1S/C6H9F2NO/c1-5(9-4-10)2-3-6(7)8/h4,6H,1-3H2,(H,9,10). The third-order valence-corrected chi connectivity index (χ3v) is 0.927. The first kappa shape index (κ1) is 9.07. The van der Waals surface area contributed by atoms with E-state index in [4.69, 9.17) is 0 Å². The summed E-state index contributed by atoms with van der Waals surface area (Å²) in [4.78, 5) is 9.70. The molecule has 0 aliphatic rings. The Hall–Kier alpha value is -0.930. The Labute approximate surface area is 57.9 Å². The maximum atomic E-state index is 11.5. The minimum absolute atomic E-state index is 0.135. The molecule has 2 nitrogen and oxygen atoms in total. The van der Waals surface area contributed by atoms with Crippen molar-refractivity contribution < 1.29 is 13.6 Å². The van der Waals surface area contributed by atoms with Crippen molar-refractivity contribution in [3.63, 3.8) is 0 Å². The number of alkyl halides is 2. The van der Waals surface area contributed by atoms with E-state index in [-0.39, 0.29) is 12.8 Å². The lowest BCUT2D eigenvalue weighted by atomic mass is 10.2. The van der Waals surface area contributed by atoms with Crippen LogP contribution in [-0.4, -0.2) is 12.8 Å². The smallest absolute Gasteiger partial charge is 0.239 e. The number of amides is 1. The fraction of sp³-hybridized carbons (Fsp3) is 0.500. The average Bonchev–Trinajstić information content (AvgIpc) is 1.85. The van der Waals surface area contributed by atoms with Gasteiger partial charge in [0.1, 0.15) is 0 Å². The van der Waals surface area contributed by atoms with Gasteiger partial charge in [-0.05, 0) is 6.42 Å². The molecule has 0 saturated heterocycles. The zero-order valence-corrected chi connectivity index (χ0v) is 5.44. The molecule has 0 bridgehead atoms. The van der Waals surface area contributed by atoms with Crippen LogP contribution < -0.4 is 5.32 Å². The van der Waals surface area contributed by atoms with E-state index in [1.807, 2.05) is 0 Å². The molecular formula is C6H9F2NO. The highest BCUT2D eigenvalue weighted by Gasteiger charge is 2.02. The van der Waals surface area contributed by atoms with Crippen molar-refractivity contribution in [3.05, 3.63) is 12.3 Å². The highest BCUT2D eigenvalue weighted by molar-refractivity contribution is 5.49. The summed E-state index contributed by atoms with van der Waals surface area (Å²) in [6, 6.07) is 0. The Morgan fingerprint density at radius 3 is 2.70 bits per heavy atom. The summed E-state index contributed by atoms with van der Waals surface area (Å²) in [5.74, 6) is 0. The van der Waals surface area contributed by atoms with E-state index < -0.39 is 6.43 Å². The number of hydrogen-bond donors (Lipinski definition) is 1. The molecule has 0 aliphatic heterocycles. The number of allylic oxidation sites excluding steroid dienone is 1. The summed E-state index contributed by atoms with van der Waals surface area (Å²) >= 11 is 0. The van der Waals surface area contributed by atoms with Gasteiger partial charge in [0, 0.05) is 12.1 Å². The predicted octanol–water partition coefficient (Wildman–Crippen LogP) is 1.29. The van der Waals surface area contributed by atoms with Gasteiger partial charge in [-0.3, -0.25) is 4.79 Å². The van der Waals surface area contributed by atoms with Gasteiger partial charge in [0.25, 0.3) is 0 Å². The van der Waals surface area contributed by atoms with Gasteiger partial charge in [0.15, 0.2) is 0 Å². The minimum atomic E-state index is -2.33. The monoisotopic (exact) mass is 149 g/mol. The number of carbonyl (C=O) groups excluding carboxylic acids is 1. The number of halogens is 2. The van der Waals surface area contributed by atoms with Gasteiger partial charge < -0.3 is 5.32 Å². The van der Waals surface area contributed by atoms with E-state index in [0.29, 0.717) is 12.1 Å². The van der Waals surface area contributed by atoms with Crippen LogP contribution >= 0.6 is 0 Å². The summed E-state index contributed by atoms with van der Waals surface area (Å²) in [6.07, 6.45) is -2.02. The Morgan fingerprint density at radius 2 is 2.30 bits per heavy atom. The van der Waals surface area contributed by atoms with Crippen LogP contribution in [0.15, 0.2) is 12.3 Å². The summed E-state index contributed by atoms with van der Waals surface area (Å²) in [5, 5.41) is 2.19. The van der Waals surface area contributed by atoms with Crippen LogP contribution in [0.5, 0.6) is 0 Å². The van der Waals surface area contributed by atoms with E-state index in [1.54, 1.807) is 0 Å². The molecule has 58 valence electrons. The SMILES string of the molecule is C=C(CCC(F)F)NC=O. The van der Waals surface area contributed by atoms with Crippen molar-refractivity contribution >= 4 is 6.41 Å². The number of carbonyl (C=O) groups is 1. The molecule has 0 radical (unpaired) electrons. The highest BCUT2D eigenvalue weighted by atomic mass is 19.3. The molecule has 1 amide bonds. The molecule has 0 heterocycles. The van der Waals surface area contributed by atoms with Crippen molar-refractivity contribution in [2.24, 2.45) is 0 Å². The maximum absolute atomic E-state index is 11.5. The van der Waals surface area contributed by atoms with E-state index >= 15 is 0 Å². The fourth-order valence-electron chi connectivity index (χ4n) is 0.439. The molecule has 0 fully saturated rings. The van der Waals surface area contributed by atoms with Gasteiger partial charge in [-0.25, -0.2) is 8.78 Å². The summed E-state index contributed by atoms with van der Waals surface area (Å²) < 4.78 is 23.0. The van der Waals surface area contributed by atoms with Gasteiger partial charge in [0.2, 0.25) is 12.8 Å². The lowest BCUT2D eigenvalue weighted by molar-refractivity contribution is -0.109. The molecule has 0 rings (SSSR count). The lowest BCUT2D eigenvalue weighted by Gasteiger charge is -2.01. The fourth-order valence-corrected chi connectivity index (χ4v) is 0.439. The number of nitrogens with one attached hydrogen (secondary N) is 1.